The highest BCUT2D eigenvalue weighted by Crippen LogP contribution is 2.38. The van der Waals surface area contributed by atoms with E-state index in [9.17, 15) is 5.11 Å². The first-order valence-corrected chi connectivity index (χ1v) is 11.9. The molecule has 0 saturated carbocycles. The summed E-state index contributed by atoms with van der Waals surface area (Å²) in [6.07, 6.45) is 1.89. The van der Waals surface area contributed by atoms with Crippen LogP contribution in [0.3, 0.4) is 0 Å². The van der Waals surface area contributed by atoms with Crippen molar-refractivity contribution in [2.75, 3.05) is 0 Å². The minimum atomic E-state index is 0.0987. The molecule has 5 aromatic carbocycles. The predicted octanol–water partition coefficient (Wildman–Crippen LogP) is 7.74. The van der Waals surface area contributed by atoms with Crippen molar-refractivity contribution >= 4 is 27.2 Å². The Labute approximate surface area is 207 Å². The molecule has 0 bridgehead atoms. The maximum absolute atomic E-state index is 11.4. The smallest absolute Gasteiger partial charge is 0.224 e. The van der Waals surface area contributed by atoms with E-state index in [0.29, 0.717) is 11.3 Å². The van der Waals surface area contributed by atoms with Crippen LogP contribution in [-0.4, -0.2) is 19.5 Å². The van der Waals surface area contributed by atoms with Crippen molar-refractivity contribution in [1.82, 2.24) is 14.4 Å². The molecule has 0 aliphatic rings. The van der Waals surface area contributed by atoms with Crippen molar-refractivity contribution in [2.45, 2.75) is 0 Å². The van der Waals surface area contributed by atoms with Gasteiger partial charge in [-0.1, -0.05) is 115 Å². The van der Waals surface area contributed by atoms with E-state index in [1.807, 2.05) is 72.9 Å². The lowest BCUT2D eigenvalue weighted by molar-refractivity contribution is 0.450. The molecule has 1 N–H and O–H groups in total. The van der Waals surface area contributed by atoms with Crippen LogP contribution in [-0.2, 0) is 0 Å². The standard InChI is InChI=1S/C32H21N3O/c36-32-29(23-12-2-1-3-13-23)34-31-30(27-19-9-15-22-11-5-7-17-25(22)27)33-28(20-35(31)32)26-18-8-14-21-10-4-6-16-24(21)26/h1-20,36H. The molecular formula is C32H21N3O. The van der Waals surface area contributed by atoms with Gasteiger partial charge in [0.05, 0.1) is 5.69 Å². The van der Waals surface area contributed by atoms with E-state index >= 15 is 0 Å². The molecule has 0 unspecified atom stereocenters. The fourth-order valence-electron chi connectivity index (χ4n) is 5.02. The number of aromatic hydroxyl groups is 1. The summed E-state index contributed by atoms with van der Waals surface area (Å²) in [5.74, 6) is 0.0987. The topological polar surface area (TPSA) is 50.4 Å². The molecular weight excluding hydrogens is 442 g/mol. The monoisotopic (exact) mass is 463 g/mol. The second-order valence-corrected chi connectivity index (χ2v) is 8.87. The summed E-state index contributed by atoms with van der Waals surface area (Å²) < 4.78 is 1.77. The third-order valence-electron chi connectivity index (χ3n) is 6.74. The van der Waals surface area contributed by atoms with Gasteiger partial charge in [-0.25, -0.2) is 9.97 Å². The minimum absolute atomic E-state index is 0.0987. The Kier molecular flexibility index (Phi) is 4.57. The van der Waals surface area contributed by atoms with Gasteiger partial charge < -0.3 is 5.11 Å². The van der Waals surface area contributed by atoms with E-state index in [0.717, 1.165) is 49.6 Å². The van der Waals surface area contributed by atoms with Crippen molar-refractivity contribution < 1.29 is 5.11 Å². The molecule has 0 amide bonds. The fraction of sp³-hybridized carbons (Fsp3) is 0. The van der Waals surface area contributed by atoms with Crippen LogP contribution >= 0.6 is 0 Å². The van der Waals surface area contributed by atoms with Gasteiger partial charge in [0.25, 0.3) is 0 Å². The van der Waals surface area contributed by atoms with Crippen molar-refractivity contribution in [3.8, 4) is 39.7 Å². The lowest BCUT2D eigenvalue weighted by Gasteiger charge is -2.12. The van der Waals surface area contributed by atoms with E-state index < -0.39 is 0 Å². The first-order valence-electron chi connectivity index (χ1n) is 11.9. The Bertz CT molecular complexity index is 1890. The predicted molar refractivity (Wildman–Crippen MR) is 146 cm³/mol. The Morgan fingerprint density at radius 1 is 0.528 bits per heavy atom. The number of imidazole rings is 1. The van der Waals surface area contributed by atoms with Gasteiger partial charge >= 0.3 is 0 Å². The minimum Gasteiger partial charge on any atom is -0.493 e. The van der Waals surface area contributed by atoms with Crippen LogP contribution in [0.4, 0.5) is 0 Å². The molecule has 0 aliphatic heterocycles. The summed E-state index contributed by atoms with van der Waals surface area (Å²) in [6, 6.07) is 38.8. The van der Waals surface area contributed by atoms with Crippen molar-refractivity contribution in [1.29, 1.82) is 0 Å². The zero-order chi connectivity index (χ0) is 24.1. The van der Waals surface area contributed by atoms with Crippen LogP contribution in [0.25, 0.3) is 61.0 Å². The van der Waals surface area contributed by atoms with Crippen LogP contribution in [0.5, 0.6) is 5.88 Å². The van der Waals surface area contributed by atoms with E-state index in [1.165, 1.54) is 0 Å². The SMILES string of the molecule is Oc1c(-c2ccccc2)nc2c(-c3cccc4ccccc34)nc(-c3cccc4ccccc34)cn12. The molecule has 0 atom stereocenters. The van der Waals surface area contributed by atoms with Crippen molar-refractivity contribution in [2.24, 2.45) is 0 Å². The molecule has 0 radical (unpaired) electrons. The molecule has 4 nitrogen and oxygen atoms in total. The number of hydrogen-bond donors (Lipinski definition) is 1. The summed E-state index contributed by atoms with van der Waals surface area (Å²) in [4.78, 5) is 10.1. The summed E-state index contributed by atoms with van der Waals surface area (Å²) in [7, 11) is 0. The summed E-state index contributed by atoms with van der Waals surface area (Å²) >= 11 is 0. The normalized spacial score (nSPS) is 11.4. The van der Waals surface area contributed by atoms with Gasteiger partial charge in [0.1, 0.15) is 11.4 Å². The molecule has 4 heteroatoms. The largest absolute Gasteiger partial charge is 0.493 e. The zero-order valence-corrected chi connectivity index (χ0v) is 19.3. The fourth-order valence-corrected chi connectivity index (χ4v) is 5.02. The van der Waals surface area contributed by atoms with Crippen molar-refractivity contribution in [3.63, 3.8) is 0 Å². The lowest BCUT2D eigenvalue weighted by atomic mass is 10.0. The maximum Gasteiger partial charge on any atom is 0.224 e. The third kappa shape index (κ3) is 3.16. The summed E-state index contributed by atoms with van der Waals surface area (Å²) in [5.41, 5.74) is 5.50. The van der Waals surface area contributed by atoms with Gasteiger partial charge in [-0.15, -0.1) is 0 Å². The highest BCUT2D eigenvalue weighted by atomic mass is 16.3. The van der Waals surface area contributed by atoms with E-state index in [4.69, 9.17) is 9.97 Å². The Morgan fingerprint density at radius 3 is 1.83 bits per heavy atom. The molecule has 36 heavy (non-hydrogen) atoms. The van der Waals surface area contributed by atoms with E-state index in [2.05, 4.69) is 48.5 Å². The Balaban J connectivity index is 1.59. The van der Waals surface area contributed by atoms with Gasteiger partial charge in [-0.2, -0.15) is 0 Å². The molecule has 0 spiro atoms. The van der Waals surface area contributed by atoms with Gasteiger partial charge in [0.15, 0.2) is 5.65 Å². The highest BCUT2D eigenvalue weighted by molar-refractivity contribution is 6.00. The van der Waals surface area contributed by atoms with Gasteiger partial charge in [-0.3, -0.25) is 4.40 Å². The first-order chi connectivity index (χ1) is 17.8. The first kappa shape index (κ1) is 20.4. The molecule has 7 rings (SSSR count). The van der Waals surface area contributed by atoms with Crippen LogP contribution in [0.15, 0.2) is 121 Å². The number of nitrogens with zero attached hydrogens (tertiary/aromatic N) is 3. The van der Waals surface area contributed by atoms with Gasteiger partial charge in [0.2, 0.25) is 5.88 Å². The lowest BCUT2D eigenvalue weighted by Crippen LogP contribution is -1.97. The Morgan fingerprint density at radius 2 is 1.11 bits per heavy atom. The molecule has 0 fully saturated rings. The Hall–Kier alpha value is -4.96. The number of aromatic nitrogens is 3. The van der Waals surface area contributed by atoms with E-state index in [-0.39, 0.29) is 5.88 Å². The van der Waals surface area contributed by atoms with E-state index in [1.54, 1.807) is 4.40 Å². The zero-order valence-electron chi connectivity index (χ0n) is 19.3. The maximum atomic E-state index is 11.4. The summed E-state index contributed by atoms with van der Waals surface area (Å²) in [5, 5.41) is 15.9. The molecule has 7 aromatic rings. The second-order valence-electron chi connectivity index (χ2n) is 8.87. The molecule has 0 aliphatic carbocycles. The molecule has 2 aromatic heterocycles. The van der Waals surface area contributed by atoms with Gasteiger partial charge in [0, 0.05) is 22.9 Å². The summed E-state index contributed by atoms with van der Waals surface area (Å²) in [6.45, 7) is 0. The average Bonchev–Trinajstić information content (AvgIpc) is 3.28. The van der Waals surface area contributed by atoms with Crippen LogP contribution < -0.4 is 0 Å². The molecule has 2 heterocycles. The van der Waals surface area contributed by atoms with Crippen molar-refractivity contribution in [3.05, 3.63) is 121 Å². The number of hydrogen-bond acceptors (Lipinski definition) is 3. The number of benzene rings is 5. The van der Waals surface area contributed by atoms with Crippen LogP contribution in [0.1, 0.15) is 0 Å². The number of fused-ring (bicyclic) bond motifs is 3. The van der Waals surface area contributed by atoms with Gasteiger partial charge in [-0.05, 0) is 21.5 Å². The average molecular weight is 464 g/mol. The highest BCUT2D eigenvalue weighted by Gasteiger charge is 2.21. The molecule has 0 saturated heterocycles. The van der Waals surface area contributed by atoms with Crippen LogP contribution in [0, 0.1) is 0 Å². The third-order valence-corrected chi connectivity index (χ3v) is 6.74. The molecule has 170 valence electrons. The number of rotatable bonds is 3. The second kappa shape index (κ2) is 8.07. The van der Waals surface area contributed by atoms with Crippen LogP contribution in [0.2, 0.25) is 0 Å². The quantitative estimate of drug-likeness (QED) is 0.292.